The summed E-state index contributed by atoms with van der Waals surface area (Å²) in [7, 11) is 0. The molecule has 1 aliphatic rings. The molecule has 0 aliphatic heterocycles. The van der Waals surface area contributed by atoms with Gasteiger partial charge in [0.05, 0.1) is 22.6 Å². The number of carbonyl (C=O) groups excluding carboxylic acids is 1. The van der Waals surface area contributed by atoms with Gasteiger partial charge >= 0.3 is 0 Å². The Labute approximate surface area is 154 Å². The van der Waals surface area contributed by atoms with Crippen molar-refractivity contribution < 1.29 is 13.6 Å². The number of ketones is 1. The number of pyridine rings is 1. The van der Waals surface area contributed by atoms with Gasteiger partial charge in [0.1, 0.15) is 5.82 Å². The number of nitrogens with zero attached hydrogens (tertiary/aromatic N) is 3. The minimum Gasteiger partial charge on any atom is -0.368 e. The average Bonchev–Trinajstić information content (AvgIpc) is 2.60. The molecule has 4 rings (SSSR count). The maximum absolute atomic E-state index is 13.9. The van der Waals surface area contributed by atoms with E-state index < -0.39 is 11.8 Å². The smallest absolute Gasteiger partial charge is 0.220 e. The van der Waals surface area contributed by atoms with Gasteiger partial charge in [0.15, 0.2) is 5.78 Å². The van der Waals surface area contributed by atoms with Crippen molar-refractivity contribution >= 4 is 11.7 Å². The number of hydrogen-bond donors (Lipinski definition) is 1. The molecule has 5 nitrogen and oxygen atoms in total. The molecule has 2 N–H and O–H groups in total. The zero-order valence-corrected chi connectivity index (χ0v) is 14.5. The van der Waals surface area contributed by atoms with Crippen LogP contribution in [0.1, 0.15) is 39.6 Å². The van der Waals surface area contributed by atoms with Gasteiger partial charge in [-0.1, -0.05) is 12.1 Å². The number of hydrogen-bond acceptors (Lipinski definition) is 5. The molecule has 0 amide bonds. The fraction of sp³-hybridized carbons (Fsp3) is 0.200. The fourth-order valence-corrected chi connectivity index (χ4v) is 3.68. The standard InChI is InChI=1S/C20H16F2N4O/c1-10-19-16(26-20(23)24-10)7-11(8-17(19)27)13-6-5-12(21)9-14(13)15-3-2-4-18(22)25-15/h2-6,9,11H,7-8H2,1H3,(H2,23,24,26)/t11-/m1/s1. The minimum absolute atomic E-state index is 0.0822. The molecule has 2 aromatic heterocycles. The van der Waals surface area contributed by atoms with E-state index in [2.05, 4.69) is 15.0 Å². The van der Waals surface area contributed by atoms with Crippen molar-refractivity contribution in [3.8, 4) is 11.3 Å². The van der Waals surface area contributed by atoms with Gasteiger partial charge in [-0.15, -0.1) is 0 Å². The SMILES string of the molecule is Cc1nc(N)nc2c1C(=O)C[C@H](c1ccc(F)cc1-c1cccc(F)n1)C2. The Morgan fingerprint density at radius 1 is 1.07 bits per heavy atom. The van der Waals surface area contributed by atoms with E-state index in [9.17, 15) is 13.6 Å². The van der Waals surface area contributed by atoms with E-state index in [1.54, 1.807) is 19.1 Å². The quantitative estimate of drug-likeness (QED) is 0.701. The summed E-state index contributed by atoms with van der Waals surface area (Å²) in [4.78, 5) is 24.9. The van der Waals surface area contributed by atoms with Gasteiger partial charge < -0.3 is 5.73 Å². The number of aromatic nitrogens is 3. The zero-order valence-electron chi connectivity index (χ0n) is 14.5. The molecule has 0 spiro atoms. The average molecular weight is 366 g/mol. The Bertz CT molecular complexity index is 1070. The van der Waals surface area contributed by atoms with Crippen LogP contribution in [0.2, 0.25) is 0 Å². The third-order valence-electron chi connectivity index (χ3n) is 4.78. The van der Waals surface area contributed by atoms with Crippen LogP contribution in [0.3, 0.4) is 0 Å². The second-order valence-electron chi connectivity index (χ2n) is 6.59. The number of rotatable bonds is 2. The number of halogens is 2. The van der Waals surface area contributed by atoms with E-state index in [1.807, 2.05) is 0 Å². The Kier molecular flexibility index (Phi) is 4.14. The highest BCUT2D eigenvalue weighted by Crippen LogP contribution is 2.37. The van der Waals surface area contributed by atoms with Gasteiger partial charge in [-0.2, -0.15) is 4.39 Å². The molecule has 0 saturated heterocycles. The number of nitrogens with two attached hydrogens (primary N) is 1. The van der Waals surface area contributed by atoms with Crippen molar-refractivity contribution in [2.45, 2.75) is 25.7 Å². The molecule has 27 heavy (non-hydrogen) atoms. The Hall–Kier alpha value is -3.22. The van der Waals surface area contributed by atoms with Crippen molar-refractivity contribution in [1.29, 1.82) is 0 Å². The summed E-state index contributed by atoms with van der Waals surface area (Å²) in [5.74, 6) is -1.31. The normalized spacial score (nSPS) is 16.3. The first-order valence-electron chi connectivity index (χ1n) is 8.51. The van der Waals surface area contributed by atoms with E-state index in [0.717, 1.165) is 5.56 Å². The van der Waals surface area contributed by atoms with Gasteiger partial charge in [0.25, 0.3) is 0 Å². The summed E-state index contributed by atoms with van der Waals surface area (Å²) >= 11 is 0. The molecule has 7 heteroatoms. The first-order chi connectivity index (χ1) is 12.9. The summed E-state index contributed by atoms with van der Waals surface area (Å²) < 4.78 is 27.5. The molecule has 0 fully saturated rings. The summed E-state index contributed by atoms with van der Waals surface area (Å²) in [5, 5.41) is 0. The minimum atomic E-state index is -0.649. The molecular weight excluding hydrogens is 350 g/mol. The lowest BCUT2D eigenvalue weighted by Crippen LogP contribution is -2.23. The second-order valence-corrected chi connectivity index (χ2v) is 6.59. The van der Waals surface area contributed by atoms with E-state index in [0.29, 0.717) is 34.6 Å². The van der Waals surface area contributed by atoms with Gasteiger partial charge in [0, 0.05) is 12.0 Å². The highest BCUT2D eigenvalue weighted by molar-refractivity contribution is 6.00. The predicted molar refractivity (Wildman–Crippen MR) is 96.2 cm³/mol. The third kappa shape index (κ3) is 3.16. The Morgan fingerprint density at radius 3 is 2.67 bits per heavy atom. The lowest BCUT2D eigenvalue weighted by molar-refractivity contribution is 0.0962. The van der Waals surface area contributed by atoms with Crippen molar-refractivity contribution in [1.82, 2.24) is 15.0 Å². The largest absolute Gasteiger partial charge is 0.368 e. The number of aryl methyl sites for hydroxylation is 1. The number of Topliss-reactive ketones (excluding diaryl/α,β-unsaturated/α-hetero) is 1. The van der Waals surface area contributed by atoms with Crippen molar-refractivity contribution in [3.63, 3.8) is 0 Å². The zero-order chi connectivity index (χ0) is 19.1. The van der Waals surface area contributed by atoms with Crippen LogP contribution in [0.25, 0.3) is 11.3 Å². The maximum Gasteiger partial charge on any atom is 0.220 e. The van der Waals surface area contributed by atoms with Crippen molar-refractivity contribution in [2.24, 2.45) is 0 Å². The van der Waals surface area contributed by atoms with Gasteiger partial charge in [0.2, 0.25) is 11.9 Å². The molecule has 1 aliphatic carbocycles. The summed E-state index contributed by atoms with van der Waals surface area (Å²) in [5.41, 5.74) is 8.90. The Morgan fingerprint density at radius 2 is 1.89 bits per heavy atom. The number of nitrogen functional groups attached to an aromatic ring is 1. The van der Waals surface area contributed by atoms with Gasteiger partial charge in [-0.05, 0) is 49.1 Å². The summed E-state index contributed by atoms with van der Waals surface area (Å²) in [6, 6.07) is 8.63. The summed E-state index contributed by atoms with van der Waals surface area (Å²) in [6.07, 6.45) is 0.692. The second kappa shape index (κ2) is 6.50. The molecule has 1 aromatic carbocycles. The number of fused-ring (bicyclic) bond motifs is 1. The molecule has 0 saturated carbocycles. The fourth-order valence-electron chi connectivity index (χ4n) is 3.68. The topological polar surface area (TPSA) is 81.8 Å². The van der Waals surface area contributed by atoms with E-state index >= 15 is 0 Å². The number of carbonyl (C=O) groups is 1. The van der Waals surface area contributed by atoms with Crippen molar-refractivity contribution in [2.75, 3.05) is 5.73 Å². The van der Waals surface area contributed by atoms with Crippen LogP contribution in [0, 0.1) is 18.7 Å². The summed E-state index contributed by atoms with van der Waals surface area (Å²) in [6.45, 7) is 1.73. The van der Waals surface area contributed by atoms with Gasteiger partial charge in [-0.3, -0.25) is 4.79 Å². The van der Waals surface area contributed by atoms with Crippen LogP contribution in [-0.4, -0.2) is 20.7 Å². The lowest BCUT2D eigenvalue weighted by atomic mass is 9.79. The number of benzene rings is 1. The van der Waals surface area contributed by atoms with Crippen LogP contribution in [0.5, 0.6) is 0 Å². The molecule has 3 aromatic rings. The molecule has 136 valence electrons. The molecular formula is C20H16F2N4O. The van der Waals surface area contributed by atoms with Crippen molar-refractivity contribution in [3.05, 3.63) is 70.7 Å². The first-order valence-corrected chi connectivity index (χ1v) is 8.51. The van der Waals surface area contributed by atoms with Crippen LogP contribution in [0.4, 0.5) is 14.7 Å². The molecule has 0 unspecified atom stereocenters. The predicted octanol–water partition coefficient (Wildman–Crippen LogP) is 3.62. The van der Waals surface area contributed by atoms with Crippen LogP contribution < -0.4 is 5.73 Å². The maximum atomic E-state index is 13.9. The molecule has 0 radical (unpaired) electrons. The third-order valence-corrected chi connectivity index (χ3v) is 4.78. The highest BCUT2D eigenvalue weighted by atomic mass is 19.1. The van der Waals surface area contributed by atoms with E-state index in [-0.39, 0.29) is 24.1 Å². The number of anilines is 1. The monoisotopic (exact) mass is 366 g/mol. The van der Waals surface area contributed by atoms with Crippen LogP contribution >= 0.6 is 0 Å². The Balaban J connectivity index is 1.82. The lowest BCUT2D eigenvalue weighted by Gasteiger charge is -2.26. The van der Waals surface area contributed by atoms with E-state index in [4.69, 9.17) is 5.73 Å². The molecule has 0 bridgehead atoms. The molecule has 1 atom stereocenters. The highest BCUT2D eigenvalue weighted by Gasteiger charge is 2.31. The van der Waals surface area contributed by atoms with Gasteiger partial charge in [-0.25, -0.2) is 19.3 Å². The first kappa shape index (κ1) is 17.2. The molecule has 2 heterocycles. The van der Waals surface area contributed by atoms with Crippen LogP contribution in [-0.2, 0) is 6.42 Å². The van der Waals surface area contributed by atoms with E-state index in [1.165, 1.54) is 24.3 Å². The van der Waals surface area contributed by atoms with Crippen LogP contribution in [0.15, 0.2) is 36.4 Å².